The third-order valence-electron chi connectivity index (χ3n) is 6.82. The van der Waals surface area contributed by atoms with Crippen molar-refractivity contribution in [2.45, 2.75) is 6.18 Å². The van der Waals surface area contributed by atoms with Crippen molar-refractivity contribution in [3.63, 3.8) is 0 Å². The Hall–Kier alpha value is -4.66. The molecule has 5 aromatic carbocycles. The van der Waals surface area contributed by atoms with E-state index >= 15 is 0 Å². The van der Waals surface area contributed by atoms with Gasteiger partial charge in [-0.2, -0.15) is 13.2 Å². The number of carbonyl (C=O) groups excluding carboxylic acids is 3. The molecule has 1 heterocycles. The molecule has 0 spiro atoms. The summed E-state index contributed by atoms with van der Waals surface area (Å²) in [4.78, 5) is 40.3. The van der Waals surface area contributed by atoms with Crippen LogP contribution in [0.15, 0.2) is 97.1 Å². The number of alkyl halides is 3. The second-order valence-electron chi connectivity index (χ2n) is 9.41. The predicted molar refractivity (Wildman–Crippen MR) is 153 cm³/mol. The summed E-state index contributed by atoms with van der Waals surface area (Å²) < 4.78 is 47.6. The summed E-state index contributed by atoms with van der Waals surface area (Å²) in [6.07, 6.45) is -4.86. The Morgan fingerprint density at radius 3 is 1.95 bits per heavy atom. The van der Waals surface area contributed by atoms with Crippen LogP contribution >= 0.6 is 23.2 Å². The number of ketones is 1. The van der Waals surface area contributed by atoms with Crippen molar-refractivity contribution in [1.29, 1.82) is 0 Å². The highest BCUT2D eigenvalue weighted by Crippen LogP contribution is 2.43. The van der Waals surface area contributed by atoms with Crippen LogP contribution in [-0.2, 0) is 6.18 Å². The van der Waals surface area contributed by atoms with E-state index in [2.05, 4.69) is 0 Å². The van der Waals surface area contributed by atoms with Gasteiger partial charge in [-0.15, -0.1) is 0 Å². The second kappa shape index (κ2) is 10.3. The van der Waals surface area contributed by atoms with Gasteiger partial charge < -0.3 is 4.74 Å². The Bertz CT molecular complexity index is 1900. The molecular formula is C32H16Cl2F3NO4. The summed E-state index contributed by atoms with van der Waals surface area (Å²) in [6, 6.07) is 23.4. The monoisotopic (exact) mass is 605 g/mol. The molecule has 0 radical (unpaired) electrons. The minimum Gasteiger partial charge on any atom is -0.457 e. The number of ether oxygens (including phenoxy) is 1. The molecule has 1 aliphatic heterocycles. The van der Waals surface area contributed by atoms with Crippen molar-refractivity contribution in [3.05, 3.63) is 135 Å². The fraction of sp³-hybridized carbons (Fsp3) is 0.0312. The fourth-order valence-corrected chi connectivity index (χ4v) is 5.17. The fourth-order valence-electron chi connectivity index (χ4n) is 4.88. The van der Waals surface area contributed by atoms with Crippen molar-refractivity contribution < 1.29 is 32.3 Å². The van der Waals surface area contributed by atoms with Crippen LogP contribution in [0.4, 0.5) is 18.9 Å². The zero-order chi connectivity index (χ0) is 29.8. The zero-order valence-electron chi connectivity index (χ0n) is 21.2. The molecule has 0 fully saturated rings. The van der Waals surface area contributed by atoms with Gasteiger partial charge in [0.05, 0.1) is 11.3 Å². The molecule has 1 aliphatic rings. The highest BCUT2D eigenvalue weighted by molar-refractivity contribution is 6.36. The molecule has 5 nitrogen and oxygen atoms in total. The molecule has 0 aromatic heterocycles. The largest absolute Gasteiger partial charge is 0.457 e. The van der Waals surface area contributed by atoms with E-state index in [0.717, 1.165) is 6.07 Å². The van der Waals surface area contributed by atoms with E-state index in [9.17, 15) is 27.6 Å². The molecule has 42 heavy (non-hydrogen) atoms. The van der Waals surface area contributed by atoms with Gasteiger partial charge in [0.15, 0.2) is 5.78 Å². The SMILES string of the molecule is O=C(c1ccc(Cl)cc1)c1ccc(Oc2ccc3c4c(cccc24)C(=O)N(c2ccc(Cl)cc2C(F)(F)F)C3=O)cc1. The number of amides is 2. The van der Waals surface area contributed by atoms with Crippen LogP contribution in [0, 0.1) is 0 Å². The molecule has 0 N–H and O–H groups in total. The minimum absolute atomic E-state index is 0.0412. The minimum atomic E-state index is -4.86. The first kappa shape index (κ1) is 27.5. The number of rotatable bonds is 5. The van der Waals surface area contributed by atoms with Gasteiger partial charge in [0.25, 0.3) is 11.8 Å². The van der Waals surface area contributed by atoms with Crippen LogP contribution in [0.25, 0.3) is 10.8 Å². The number of anilines is 1. The van der Waals surface area contributed by atoms with Crippen molar-refractivity contribution in [2.24, 2.45) is 0 Å². The number of imide groups is 1. The smallest absolute Gasteiger partial charge is 0.418 e. The Balaban J connectivity index is 1.35. The zero-order valence-corrected chi connectivity index (χ0v) is 22.7. The summed E-state index contributed by atoms with van der Waals surface area (Å²) in [5, 5.41) is 1.01. The molecule has 5 aromatic rings. The number of hydrogen-bond donors (Lipinski definition) is 0. The number of benzene rings is 5. The maximum absolute atomic E-state index is 13.8. The third-order valence-corrected chi connectivity index (χ3v) is 7.31. The molecule has 0 aliphatic carbocycles. The van der Waals surface area contributed by atoms with Crippen LogP contribution in [0.5, 0.6) is 11.5 Å². The lowest BCUT2D eigenvalue weighted by Crippen LogP contribution is -2.41. The summed E-state index contributed by atoms with van der Waals surface area (Å²) in [5.74, 6) is -1.32. The lowest BCUT2D eigenvalue weighted by molar-refractivity contribution is -0.137. The lowest BCUT2D eigenvalue weighted by atomic mass is 9.92. The Morgan fingerprint density at radius 2 is 1.31 bits per heavy atom. The van der Waals surface area contributed by atoms with Crippen molar-refractivity contribution in [3.8, 4) is 11.5 Å². The highest BCUT2D eigenvalue weighted by Gasteiger charge is 2.41. The average Bonchev–Trinajstić information content (AvgIpc) is 2.97. The van der Waals surface area contributed by atoms with E-state index in [0.29, 0.717) is 44.0 Å². The standard InChI is InChI=1S/C32H16Cl2F3NO4/c33-19-8-4-17(5-9-19)29(39)18-6-11-21(12-7-18)42-27-15-13-24-28-22(27)2-1-3-23(28)30(40)38(31(24)41)26-14-10-20(34)16-25(26)32(35,36)37/h1-16H. The van der Waals surface area contributed by atoms with Crippen molar-refractivity contribution >= 4 is 57.3 Å². The Kier molecular flexibility index (Phi) is 6.75. The molecule has 0 saturated carbocycles. The topological polar surface area (TPSA) is 63.7 Å². The quantitative estimate of drug-likeness (QED) is 0.148. The first-order valence-corrected chi connectivity index (χ1v) is 13.2. The molecule has 10 heteroatoms. The van der Waals surface area contributed by atoms with Crippen LogP contribution < -0.4 is 9.64 Å². The predicted octanol–water partition coefficient (Wildman–Crippen LogP) is 8.99. The average molecular weight is 606 g/mol. The van der Waals surface area contributed by atoms with E-state index < -0.39 is 29.2 Å². The number of hydrogen-bond acceptors (Lipinski definition) is 4. The van der Waals surface area contributed by atoms with Gasteiger partial charge in [-0.3, -0.25) is 14.4 Å². The lowest BCUT2D eigenvalue weighted by Gasteiger charge is -2.29. The van der Waals surface area contributed by atoms with E-state index in [1.165, 1.54) is 24.3 Å². The van der Waals surface area contributed by atoms with Crippen LogP contribution in [0.2, 0.25) is 10.0 Å². The van der Waals surface area contributed by atoms with Gasteiger partial charge in [0, 0.05) is 43.1 Å². The first-order chi connectivity index (χ1) is 20.0. The third kappa shape index (κ3) is 4.78. The van der Waals surface area contributed by atoms with Gasteiger partial charge in [0.1, 0.15) is 11.5 Å². The molecule has 0 bridgehead atoms. The molecule has 0 unspecified atom stereocenters. The maximum atomic E-state index is 13.8. The van der Waals surface area contributed by atoms with Crippen LogP contribution in [-0.4, -0.2) is 17.6 Å². The van der Waals surface area contributed by atoms with Crippen LogP contribution in [0.3, 0.4) is 0 Å². The van der Waals surface area contributed by atoms with Gasteiger partial charge in [-0.1, -0.05) is 35.3 Å². The van der Waals surface area contributed by atoms with E-state index in [4.69, 9.17) is 27.9 Å². The first-order valence-electron chi connectivity index (χ1n) is 12.4. The number of halogens is 5. The highest BCUT2D eigenvalue weighted by atomic mass is 35.5. The van der Waals surface area contributed by atoms with Crippen molar-refractivity contribution in [1.82, 2.24) is 0 Å². The summed E-state index contributed by atoms with van der Waals surface area (Å²) in [5.41, 5.74) is -0.832. The molecule has 0 saturated heterocycles. The van der Waals surface area contributed by atoms with Gasteiger partial charge in [0.2, 0.25) is 0 Å². The molecule has 2 amide bonds. The summed E-state index contributed by atoms with van der Waals surface area (Å²) >= 11 is 11.7. The Labute approximate surface area is 246 Å². The molecule has 0 atom stereocenters. The number of nitrogens with zero attached hydrogens (tertiary/aromatic N) is 1. The van der Waals surface area contributed by atoms with Crippen LogP contribution in [0.1, 0.15) is 42.2 Å². The van der Waals surface area contributed by atoms with Gasteiger partial charge >= 0.3 is 6.18 Å². The maximum Gasteiger partial charge on any atom is 0.418 e. The normalized spacial score (nSPS) is 13.0. The Morgan fingerprint density at radius 1 is 0.714 bits per heavy atom. The molecule has 208 valence electrons. The van der Waals surface area contributed by atoms with E-state index in [1.807, 2.05) is 0 Å². The summed E-state index contributed by atoms with van der Waals surface area (Å²) in [7, 11) is 0. The second-order valence-corrected chi connectivity index (χ2v) is 10.3. The van der Waals surface area contributed by atoms with E-state index in [-0.39, 0.29) is 27.3 Å². The summed E-state index contributed by atoms with van der Waals surface area (Å²) in [6.45, 7) is 0. The molecule has 6 rings (SSSR count). The van der Waals surface area contributed by atoms with Gasteiger partial charge in [-0.25, -0.2) is 4.90 Å². The number of carbonyl (C=O) groups is 3. The van der Waals surface area contributed by atoms with Crippen molar-refractivity contribution in [2.75, 3.05) is 4.90 Å². The van der Waals surface area contributed by atoms with E-state index in [1.54, 1.807) is 60.7 Å². The van der Waals surface area contributed by atoms with Gasteiger partial charge in [-0.05, 0) is 84.9 Å². The molecular weight excluding hydrogens is 590 g/mol.